The molecular weight excluding hydrogens is 324 g/mol. The van der Waals surface area contributed by atoms with Gasteiger partial charge in [0.1, 0.15) is 5.78 Å². The molecule has 1 atom stereocenters. The second-order valence-electron chi connectivity index (χ2n) is 6.53. The highest BCUT2D eigenvalue weighted by Crippen LogP contribution is 2.27. The lowest BCUT2D eigenvalue weighted by molar-refractivity contribution is -0.119. The first-order valence-corrected chi connectivity index (χ1v) is 7.80. The molecule has 0 bridgehead atoms. The molecule has 1 aromatic carbocycles. The molecular formula is C16H22BrClO. The van der Waals surface area contributed by atoms with Gasteiger partial charge in [-0.15, -0.1) is 0 Å². The summed E-state index contributed by atoms with van der Waals surface area (Å²) in [6, 6.07) is 5.68. The molecule has 0 aliphatic heterocycles. The molecule has 1 nitrogen and oxygen atoms in total. The predicted octanol–water partition coefficient (Wildman–Crippen LogP) is 5.68. The highest BCUT2D eigenvalue weighted by Gasteiger charge is 2.18. The first kappa shape index (κ1) is 16.7. The summed E-state index contributed by atoms with van der Waals surface area (Å²) in [6.45, 7) is 8.77. The van der Waals surface area contributed by atoms with E-state index in [-0.39, 0.29) is 11.2 Å². The molecule has 0 radical (unpaired) electrons. The fourth-order valence-electron chi connectivity index (χ4n) is 2.46. The zero-order valence-corrected chi connectivity index (χ0v) is 14.4. The zero-order chi connectivity index (χ0) is 14.6. The second-order valence-corrected chi connectivity index (χ2v) is 7.85. The van der Waals surface area contributed by atoms with Crippen molar-refractivity contribution in [1.82, 2.24) is 0 Å². The topological polar surface area (TPSA) is 17.1 Å². The minimum Gasteiger partial charge on any atom is -0.299 e. The summed E-state index contributed by atoms with van der Waals surface area (Å²) in [4.78, 5) is 12.1. The van der Waals surface area contributed by atoms with Gasteiger partial charge in [-0.2, -0.15) is 0 Å². The third kappa shape index (κ3) is 6.58. The Morgan fingerprint density at radius 1 is 1.37 bits per heavy atom. The number of Topliss-reactive ketones (excluding diaryl/α,β-unsaturated/α-hetero) is 1. The second kappa shape index (κ2) is 6.90. The van der Waals surface area contributed by atoms with Crippen LogP contribution in [0.3, 0.4) is 0 Å². The summed E-state index contributed by atoms with van der Waals surface area (Å²) < 4.78 is 0.940. The molecule has 0 amide bonds. The van der Waals surface area contributed by atoms with E-state index in [1.165, 1.54) is 0 Å². The van der Waals surface area contributed by atoms with Gasteiger partial charge in [-0.05, 0) is 35.4 Å². The van der Waals surface area contributed by atoms with Gasteiger partial charge >= 0.3 is 0 Å². The molecule has 1 unspecified atom stereocenters. The van der Waals surface area contributed by atoms with Crippen LogP contribution >= 0.6 is 27.5 Å². The summed E-state index contributed by atoms with van der Waals surface area (Å²) in [5.74, 6) is 0.683. The number of hydrogen-bond acceptors (Lipinski definition) is 1. The monoisotopic (exact) mass is 344 g/mol. The third-order valence-corrected chi connectivity index (χ3v) is 3.78. The van der Waals surface area contributed by atoms with Gasteiger partial charge < -0.3 is 0 Å². The fourth-order valence-corrected chi connectivity index (χ4v) is 3.20. The van der Waals surface area contributed by atoms with Gasteiger partial charge in [0, 0.05) is 22.3 Å². The summed E-state index contributed by atoms with van der Waals surface area (Å²) in [6.07, 6.45) is 2.12. The van der Waals surface area contributed by atoms with E-state index in [0.717, 1.165) is 16.5 Å². The van der Waals surface area contributed by atoms with Gasteiger partial charge in [-0.1, -0.05) is 61.3 Å². The highest BCUT2D eigenvalue weighted by atomic mass is 79.9. The fraction of sp³-hybridized carbons (Fsp3) is 0.562. The van der Waals surface area contributed by atoms with Gasteiger partial charge in [0.05, 0.1) is 0 Å². The van der Waals surface area contributed by atoms with Gasteiger partial charge in [0.15, 0.2) is 0 Å². The van der Waals surface area contributed by atoms with Crippen LogP contribution in [-0.2, 0) is 11.2 Å². The minimum absolute atomic E-state index is 0.265. The molecule has 0 saturated heterocycles. The van der Waals surface area contributed by atoms with Crippen molar-refractivity contribution in [2.24, 2.45) is 11.3 Å². The van der Waals surface area contributed by atoms with Crippen LogP contribution in [0.4, 0.5) is 0 Å². The molecule has 0 heterocycles. The van der Waals surface area contributed by atoms with Crippen molar-refractivity contribution in [1.29, 1.82) is 0 Å². The van der Waals surface area contributed by atoms with Crippen molar-refractivity contribution in [3.8, 4) is 0 Å². The van der Waals surface area contributed by atoms with Crippen molar-refractivity contribution in [3.05, 3.63) is 33.3 Å². The van der Waals surface area contributed by atoms with E-state index in [4.69, 9.17) is 11.6 Å². The van der Waals surface area contributed by atoms with E-state index in [0.29, 0.717) is 23.8 Å². The minimum atomic E-state index is 0.265. The van der Waals surface area contributed by atoms with Crippen LogP contribution in [0.1, 0.15) is 46.1 Å². The van der Waals surface area contributed by atoms with Crippen molar-refractivity contribution in [2.45, 2.75) is 47.0 Å². The molecule has 0 saturated carbocycles. The van der Waals surface area contributed by atoms with Gasteiger partial charge in [-0.3, -0.25) is 4.79 Å². The third-order valence-electron chi connectivity index (χ3n) is 2.94. The first-order chi connectivity index (χ1) is 8.67. The van der Waals surface area contributed by atoms with Crippen LogP contribution < -0.4 is 0 Å². The summed E-state index contributed by atoms with van der Waals surface area (Å²) >= 11 is 9.50. The summed E-state index contributed by atoms with van der Waals surface area (Å²) in [7, 11) is 0. The molecule has 0 spiro atoms. The Bertz CT molecular complexity index is 449. The molecule has 0 N–H and O–H groups in total. The van der Waals surface area contributed by atoms with Crippen LogP contribution in [0, 0.1) is 11.3 Å². The van der Waals surface area contributed by atoms with Gasteiger partial charge in [0.2, 0.25) is 0 Å². The first-order valence-electron chi connectivity index (χ1n) is 6.63. The average molecular weight is 346 g/mol. The number of rotatable bonds is 5. The van der Waals surface area contributed by atoms with E-state index in [1.807, 2.05) is 18.2 Å². The Kier molecular flexibility index (Phi) is 6.07. The maximum Gasteiger partial charge on any atom is 0.137 e. The average Bonchev–Trinajstić information content (AvgIpc) is 2.19. The van der Waals surface area contributed by atoms with Gasteiger partial charge in [0.25, 0.3) is 0 Å². The molecule has 19 heavy (non-hydrogen) atoms. The number of ketones is 1. The van der Waals surface area contributed by atoms with Crippen LogP contribution in [0.15, 0.2) is 22.7 Å². The highest BCUT2D eigenvalue weighted by molar-refractivity contribution is 9.10. The Balaban J connectivity index is 2.56. The van der Waals surface area contributed by atoms with E-state index in [9.17, 15) is 4.79 Å². The van der Waals surface area contributed by atoms with Crippen molar-refractivity contribution in [3.63, 3.8) is 0 Å². The van der Waals surface area contributed by atoms with Crippen LogP contribution in [0.25, 0.3) is 0 Å². The number of halogens is 2. The van der Waals surface area contributed by atoms with Crippen LogP contribution in [-0.4, -0.2) is 5.78 Å². The largest absolute Gasteiger partial charge is 0.299 e. The number of carbonyl (C=O) groups excluding carboxylic acids is 1. The standard InChI is InChI=1S/C16H22BrClO/c1-11(10-16(2,3)4)7-14(19)8-12-5-6-13(17)9-15(12)18/h5-6,9,11H,7-8,10H2,1-4H3. The maximum absolute atomic E-state index is 12.1. The SMILES string of the molecule is CC(CC(=O)Cc1ccc(Br)cc1Cl)CC(C)(C)C. The zero-order valence-electron chi connectivity index (χ0n) is 12.1. The number of benzene rings is 1. The van der Waals surface area contributed by atoms with E-state index in [2.05, 4.69) is 43.6 Å². The predicted molar refractivity (Wildman–Crippen MR) is 85.7 cm³/mol. The van der Waals surface area contributed by atoms with E-state index in [1.54, 1.807) is 0 Å². The van der Waals surface area contributed by atoms with Crippen LogP contribution in [0.2, 0.25) is 5.02 Å². The molecule has 0 aliphatic carbocycles. The van der Waals surface area contributed by atoms with E-state index >= 15 is 0 Å². The Morgan fingerprint density at radius 3 is 2.53 bits per heavy atom. The molecule has 3 heteroatoms. The lowest BCUT2D eigenvalue weighted by Gasteiger charge is -2.22. The molecule has 106 valence electrons. The van der Waals surface area contributed by atoms with Crippen molar-refractivity contribution < 1.29 is 4.79 Å². The van der Waals surface area contributed by atoms with Crippen molar-refractivity contribution >= 4 is 33.3 Å². The smallest absolute Gasteiger partial charge is 0.137 e. The summed E-state index contributed by atoms with van der Waals surface area (Å²) in [5.41, 5.74) is 1.19. The Morgan fingerprint density at radius 2 is 2.00 bits per heavy atom. The number of hydrogen-bond donors (Lipinski definition) is 0. The lowest BCUT2D eigenvalue weighted by Crippen LogP contribution is -2.15. The quantitative estimate of drug-likeness (QED) is 0.671. The Labute approximate surface area is 129 Å². The maximum atomic E-state index is 12.1. The normalized spacial score (nSPS) is 13.4. The molecule has 1 aromatic rings. The van der Waals surface area contributed by atoms with Crippen LogP contribution in [0.5, 0.6) is 0 Å². The molecule has 0 aromatic heterocycles. The molecule has 1 rings (SSSR count). The summed E-state index contributed by atoms with van der Waals surface area (Å²) in [5, 5.41) is 0.659. The van der Waals surface area contributed by atoms with Gasteiger partial charge in [-0.25, -0.2) is 0 Å². The van der Waals surface area contributed by atoms with Crippen molar-refractivity contribution in [2.75, 3.05) is 0 Å². The Hall–Kier alpha value is -0.340. The molecule has 0 fully saturated rings. The number of carbonyl (C=O) groups is 1. The van der Waals surface area contributed by atoms with E-state index < -0.39 is 0 Å². The molecule has 0 aliphatic rings. The lowest BCUT2D eigenvalue weighted by atomic mass is 9.83.